The van der Waals surface area contributed by atoms with Crippen molar-refractivity contribution in [3.05, 3.63) is 71.6 Å². The van der Waals surface area contributed by atoms with Gasteiger partial charge in [0.15, 0.2) is 0 Å². The largest absolute Gasteiger partial charge is 0.377 e. The first-order chi connectivity index (χ1) is 10.8. The van der Waals surface area contributed by atoms with Crippen LogP contribution in [-0.2, 0) is 0 Å². The van der Waals surface area contributed by atoms with Gasteiger partial charge < -0.3 is 10.2 Å². The molecule has 3 nitrogen and oxygen atoms in total. The van der Waals surface area contributed by atoms with Crippen molar-refractivity contribution >= 4 is 5.70 Å². The third-order valence-corrected chi connectivity index (χ3v) is 4.14. The van der Waals surface area contributed by atoms with Gasteiger partial charge in [0.25, 0.3) is 0 Å². The first-order valence-electron chi connectivity index (χ1n) is 7.86. The van der Waals surface area contributed by atoms with E-state index in [1.165, 1.54) is 28.8 Å². The molecule has 1 aliphatic heterocycles. The minimum Gasteiger partial charge on any atom is -0.377 e. The van der Waals surface area contributed by atoms with Gasteiger partial charge in [0, 0.05) is 32.2 Å². The molecule has 3 heteroatoms. The normalized spacial score (nSPS) is 20.5. The SMILES string of the molecule is CN(C)C(=C1CCCNC1c1cccnc1)c1ccccc1. The average molecular weight is 293 g/mol. The smallest absolute Gasteiger partial charge is 0.0574 e. The summed E-state index contributed by atoms with van der Waals surface area (Å²) in [5.41, 5.74) is 5.30. The highest BCUT2D eigenvalue weighted by Gasteiger charge is 2.25. The number of benzene rings is 1. The highest BCUT2D eigenvalue weighted by Crippen LogP contribution is 2.35. The minimum absolute atomic E-state index is 0.250. The summed E-state index contributed by atoms with van der Waals surface area (Å²) >= 11 is 0. The van der Waals surface area contributed by atoms with Gasteiger partial charge in [-0.15, -0.1) is 0 Å². The van der Waals surface area contributed by atoms with Crippen molar-refractivity contribution in [2.24, 2.45) is 0 Å². The molecule has 0 saturated carbocycles. The summed E-state index contributed by atoms with van der Waals surface area (Å²) in [4.78, 5) is 6.53. The molecule has 1 atom stereocenters. The second-order valence-electron chi connectivity index (χ2n) is 5.91. The second kappa shape index (κ2) is 6.75. The van der Waals surface area contributed by atoms with Crippen molar-refractivity contribution in [3.8, 4) is 0 Å². The quantitative estimate of drug-likeness (QED) is 0.939. The Hall–Kier alpha value is -2.13. The van der Waals surface area contributed by atoms with Gasteiger partial charge in [-0.2, -0.15) is 0 Å². The summed E-state index contributed by atoms with van der Waals surface area (Å²) in [6, 6.07) is 15.1. The summed E-state index contributed by atoms with van der Waals surface area (Å²) in [6.45, 7) is 1.05. The Morgan fingerprint density at radius 3 is 2.64 bits per heavy atom. The van der Waals surface area contributed by atoms with Crippen molar-refractivity contribution < 1.29 is 0 Å². The Morgan fingerprint density at radius 2 is 1.95 bits per heavy atom. The van der Waals surface area contributed by atoms with Gasteiger partial charge >= 0.3 is 0 Å². The van der Waals surface area contributed by atoms with Gasteiger partial charge in [0.1, 0.15) is 0 Å². The molecular weight excluding hydrogens is 270 g/mol. The van der Waals surface area contributed by atoms with E-state index in [4.69, 9.17) is 0 Å². The van der Waals surface area contributed by atoms with E-state index in [2.05, 4.69) is 65.7 Å². The maximum Gasteiger partial charge on any atom is 0.0574 e. The molecule has 0 spiro atoms. The lowest BCUT2D eigenvalue weighted by Gasteiger charge is -2.32. The number of pyridine rings is 1. The van der Waals surface area contributed by atoms with Gasteiger partial charge in [-0.05, 0) is 42.2 Å². The van der Waals surface area contributed by atoms with Crippen LogP contribution in [0.1, 0.15) is 30.0 Å². The van der Waals surface area contributed by atoms with E-state index >= 15 is 0 Å². The molecule has 2 aromatic rings. The average Bonchev–Trinajstić information content (AvgIpc) is 2.57. The molecule has 0 radical (unpaired) electrons. The summed E-state index contributed by atoms with van der Waals surface area (Å²) < 4.78 is 0. The third kappa shape index (κ3) is 3.04. The zero-order chi connectivity index (χ0) is 15.4. The molecule has 0 aliphatic carbocycles. The fourth-order valence-electron chi connectivity index (χ4n) is 3.24. The van der Waals surface area contributed by atoms with Crippen LogP contribution in [0.2, 0.25) is 0 Å². The Balaban J connectivity index is 2.10. The molecule has 1 N–H and O–H groups in total. The standard InChI is InChI=1S/C19H23N3/c1-22(2)19(15-8-4-3-5-9-15)17-11-7-13-21-18(17)16-10-6-12-20-14-16/h3-6,8-10,12,14,18,21H,7,11,13H2,1-2H3. The molecule has 1 saturated heterocycles. The topological polar surface area (TPSA) is 28.2 Å². The molecule has 22 heavy (non-hydrogen) atoms. The fourth-order valence-corrected chi connectivity index (χ4v) is 3.24. The molecule has 2 heterocycles. The molecule has 1 unspecified atom stereocenters. The molecule has 1 fully saturated rings. The van der Waals surface area contributed by atoms with E-state index in [1.54, 1.807) is 0 Å². The summed E-state index contributed by atoms with van der Waals surface area (Å²) in [7, 11) is 4.26. The number of aromatic nitrogens is 1. The molecule has 1 aromatic carbocycles. The van der Waals surface area contributed by atoms with E-state index in [0.29, 0.717) is 0 Å². The first kappa shape index (κ1) is 14.8. The minimum atomic E-state index is 0.250. The maximum atomic E-state index is 4.30. The van der Waals surface area contributed by atoms with Crippen LogP contribution in [0, 0.1) is 0 Å². The van der Waals surface area contributed by atoms with Crippen LogP contribution in [0.25, 0.3) is 5.70 Å². The Morgan fingerprint density at radius 1 is 1.14 bits per heavy atom. The van der Waals surface area contributed by atoms with E-state index in [9.17, 15) is 0 Å². The number of nitrogens with zero attached hydrogens (tertiary/aromatic N) is 2. The molecule has 1 aromatic heterocycles. The van der Waals surface area contributed by atoms with Crippen LogP contribution >= 0.6 is 0 Å². The lowest BCUT2D eigenvalue weighted by molar-refractivity contribution is 0.487. The van der Waals surface area contributed by atoms with Crippen LogP contribution in [-0.4, -0.2) is 30.5 Å². The van der Waals surface area contributed by atoms with Crippen LogP contribution in [0.5, 0.6) is 0 Å². The number of rotatable bonds is 3. The predicted octanol–water partition coefficient (Wildman–Crippen LogP) is 3.48. The zero-order valence-corrected chi connectivity index (χ0v) is 13.3. The van der Waals surface area contributed by atoms with Crippen LogP contribution in [0.15, 0.2) is 60.4 Å². The molecule has 0 amide bonds. The van der Waals surface area contributed by atoms with Crippen molar-refractivity contribution in [2.75, 3.05) is 20.6 Å². The Bertz CT molecular complexity index is 632. The second-order valence-corrected chi connectivity index (χ2v) is 5.91. The maximum absolute atomic E-state index is 4.30. The summed E-state index contributed by atoms with van der Waals surface area (Å²) in [5, 5.41) is 3.67. The predicted molar refractivity (Wildman–Crippen MR) is 91.3 cm³/mol. The summed E-state index contributed by atoms with van der Waals surface area (Å²) in [5.74, 6) is 0. The van der Waals surface area contributed by atoms with Crippen molar-refractivity contribution in [3.63, 3.8) is 0 Å². The summed E-state index contributed by atoms with van der Waals surface area (Å²) in [6.07, 6.45) is 6.10. The van der Waals surface area contributed by atoms with Gasteiger partial charge in [-0.25, -0.2) is 0 Å². The monoisotopic (exact) mass is 293 g/mol. The van der Waals surface area contributed by atoms with E-state index in [0.717, 1.165) is 13.0 Å². The van der Waals surface area contributed by atoms with Crippen LogP contribution < -0.4 is 5.32 Å². The molecule has 1 aliphatic rings. The number of hydrogen-bond donors (Lipinski definition) is 1. The molecule has 3 rings (SSSR count). The van der Waals surface area contributed by atoms with Gasteiger partial charge in [-0.1, -0.05) is 36.4 Å². The lowest BCUT2D eigenvalue weighted by atomic mass is 9.89. The van der Waals surface area contributed by atoms with Crippen molar-refractivity contribution in [1.82, 2.24) is 15.2 Å². The van der Waals surface area contributed by atoms with Crippen molar-refractivity contribution in [1.29, 1.82) is 0 Å². The molecule has 114 valence electrons. The Labute approximate surface area is 132 Å². The van der Waals surface area contributed by atoms with Gasteiger partial charge in [-0.3, -0.25) is 4.98 Å². The van der Waals surface area contributed by atoms with Crippen LogP contribution in [0.3, 0.4) is 0 Å². The zero-order valence-electron chi connectivity index (χ0n) is 13.3. The van der Waals surface area contributed by atoms with Gasteiger partial charge in [0.05, 0.1) is 6.04 Å². The molecular formula is C19H23N3. The Kier molecular flexibility index (Phi) is 4.54. The van der Waals surface area contributed by atoms with E-state index in [1.807, 2.05) is 18.5 Å². The van der Waals surface area contributed by atoms with Crippen LogP contribution in [0.4, 0.5) is 0 Å². The number of piperidine rings is 1. The fraction of sp³-hybridized carbons (Fsp3) is 0.316. The van der Waals surface area contributed by atoms with Gasteiger partial charge in [0.2, 0.25) is 0 Å². The number of hydrogen-bond acceptors (Lipinski definition) is 3. The lowest BCUT2D eigenvalue weighted by Crippen LogP contribution is -2.31. The van der Waals surface area contributed by atoms with E-state index in [-0.39, 0.29) is 6.04 Å². The van der Waals surface area contributed by atoms with E-state index < -0.39 is 0 Å². The number of nitrogens with one attached hydrogen (secondary N) is 1. The highest BCUT2D eigenvalue weighted by molar-refractivity contribution is 5.68. The highest BCUT2D eigenvalue weighted by atomic mass is 15.1. The third-order valence-electron chi connectivity index (χ3n) is 4.14. The van der Waals surface area contributed by atoms with Crippen molar-refractivity contribution in [2.45, 2.75) is 18.9 Å². The first-order valence-corrected chi connectivity index (χ1v) is 7.86. The molecule has 0 bridgehead atoms.